The van der Waals surface area contributed by atoms with Gasteiger partial charge in [-0.2, -0.15) is 0 Å². The molecule has 16 heavy (non-hydrogen) atoms. The second kappa shape index (κ2) is 10.1. The molecule has 1 heterocycles. The molecule has 1 atom stereocenters. The molecule has 1 unspecified atom stereocenters. The fraction of sp³-hybridized carbons (Fsp3) is 1.00. The van der Waals surface area contributed by atoms with Crippen LogP contribution in [0.3, 0.4) is 0 Å². The summed E-state index contributed by atoms with van der Waals surface area (Å²) in [4.78, 5) is 2.68. The minimum absolute atomic E-state index is 0.952. The minimum Gasteiger partial charge on any atom is -0.303 e. The van der Waals surface area contributed by atoms with E-state index >= 15 is 0 Å². The van der Waals surface area contributed by atoms with Crippen molar-refractivity contribution in [1.82, 2.24) is 4.90 Å². The molecule has 1 aliphatic heterocycles. The van der Waals surface area contributed by atoms with Crippen molar-refractivity contribution in [2.45, 2.75) is 66.7 Å². The molecule has 1 heteroatoms. The second-order valence-electron chi connectivity index (χ2n) is 5.05. The van der Waals surface area contributed by atoms with Gasteiger partial charge in [0, 0.05) is 6.54 Å². The highest BCUT2D eigenvalue weighted by Gasteiger charge is 2.17. The number of nitrogens with zero attached hydrogens (tertiary/aromatic N) is 1. The monoisotopic (exact) mass is 227 g/mol. The summed E-state index contributed by atoms with van der Waals surface area (Å²) in [6, 6.07) is 0. The summed E-state index contributed by atoms with van der Waals surface area (Å²) in [7, 11) is 0. The van der Waals surface area contributed by atoms with Crippen molar-refractivity contribution in [3.05, 3.63) is 0 Å². The Morgan fingerprint density at radius 3 is 2.12 bits per heavy atom. The van der Waals surface area contributed by atoms with E-state index in [1.54, 1.807) is 0 Å². The van der Waals surface area contributed by atoms with Crippen molar-refractivity contribution in [2.75, 3.05) is 19.6 Å². The lowest BCUT2D eigenvalue weighted by atomic mass is 9.95. The molecule has 0 aromatic carbocycles. The Kier molecular flexibility index (Phi) is 10.1. The van der Waals surface area contributed by atoms with Crippen molar-refractivity contribution < 1.29 is 0 Å². The van der Waals surface area contributed by atoms with Gasteiger partial charge in [-0.25, -0.2) is 0 Å². The van der Waals surface area contributed by atoms with Crippen molar-refractivity contribution in [2.24, 2.45) is 11.8 Å². The van der Waals surface area contributed by atoms with Crippen LogP contribution in [-0.2, 0) is 0 Å². The lowest BCUT2D eigenvalue weighted by Crippen LogP contribution is -2.36. The molecule has 0 saturated carbocycles. The van der Waals surface area contributed by atoms with Gasteiger partial charge in [-0.15, -0.1) is 0 Å². The Balaban J connectivity index is 0.00000106. The minimum atomic E-state index is 0.952. The fourth-order valence-corrected chi connectivity index (χ4v) is 2.44. The van der Waals surface area contributed by atoms with E-state index in [9.17, 15) is 0 Å². The van der Waals surface area contributed by atoms with E-state index in [0.29, 0.717) is 0 Å². The van der Waals surface area contributed by atoms with E-state index < -0.39 is 0 Å². The van der Waals surface area contributed by atoms with Crippen molar-refractivity contribution in [1.29, 1.82) is 0 Å². The average molecular weight is 227 g/mol. The van der Waals surface area contributed by atoms with Crippen LogP contribution < -0.4 is 0 Å². The first kappa shape index (κ1) is 16.0. The SMILES string of the molecule is CC.CCCC(CC)CN1CCC(C)CC1. The molecule has 98 valence electrons. The molecule has 0 spiro atoms. The molecule has 0 bridgehead atoms. The summed E-state index contributed by atoms with van der Waals surface area (Å²) in [5.74, 6) is 1.92. The van der Waals surface area contributed by atoms with E-state index in [1.165, 1.54) is 51.7 Å². The molecule has 1 aliphatic rings. The average Bonchev–Trinajstić information content (AvgIpc) is 2.34. The third-order valence-electron chi connectivity index (χ3n) is 3.67. The number of likely N-dealkylation sites (tertiary alicyclic amines) is 1. The lowest BCUT2D eigenvalue weighted by molar-refractivity contribution is 0.161. The maximum atomic E-state index is 2.68. The fourth-order valence-electron chi connectivity index (χ4n) is 2.44. The number of piperidine rings is 1. The van der Waals surface area contributed by atoms with Crippen LogP contribution in [0.25, 0.3) is 0 Å². The molecule has 0 N–H and O–H groups in total. The van der Waals surface area contributed by atoms with Gasteiger partial charge in [0.05, 0.1) is 0 Å². The van der Waals surface area contributed by atoms with Crippen LogP contribution >= 0.6 is 0 Å². The van der Waals surface area contributed by atoms with E-state index in [4.69, 9.17) is 0 Å². The normalized spacial score (nSPS) is 20.1. The Bertz CT molecular complexity index is 136. The van der Waals surface area contributed by atoms with Gasteiger partial charge in [0.15, 0.2) is 0 Å². The highest BCUT2D eigenvalue weighted by atomic mass is 15.1. The number of hydrogen-bond acceptors (Lipinski definition) is 1. The maximum Gasteiger partial charge on any atom is 0.000956 e. The first-order valence-electron chi connectivity index (χ1n) is 7.48. The third kappa shape index (κ3) is 6.52. The summed E-state index contributed by atoms with van der Waals surface area (Å²) < 4.78 is 0. The van der Waals surface area contributed by atoms with E-state index in [-0.39, 0.29) is 0 Å². The third-order valence-corrected chi connectivity index (χ3v) is 3.67. The van der Waals surface area contributed by atoms with Gasteiger partial charge in [0.25, 0.3) is 0 Å². The van der Waals surface area contributed by atoms with Gasteiger partial charge < -0.3 is 4.90 Å². The van der Waals surface area contributed by atoms with Crippen LogP contribution in [0, 0.1) is 11.8 Å². The largest absolute Gasteiger partial charge is 0.303 e. The van der Waals surface area contributed by atoms with E-state index in [1.807, 2.05) is 13.8 Å². The van der Waals surface area contributed by atoms with Gasteiger partial charge in [0.1, 0.15) is 0 Å². The standard InChI is InChI=1S/C13H27N.C2H6/c1-4-6-13(5-2)11-14-9-7-12(3)8-10-14;1-2/h12-13H,4-11H2,1-3H3;1-2H3. The molecular formula is C15H33N. The Hall–Kier alpha value is -0.0400. The molecular weight excluding hydrogens is 194 g/mol. The summed E-state index contributed by atoms with van der Waals surface area (Å²) in [6.45, 7) is 15.1. The van der Waals surface area contributed by atoms with Crippen LogP contribution in [0.4, 0.5) is 0 Å². The molecule has 0 radical (unpaired) electrons. The highest BCUT2D eigenvalue weighted by molar-refractivity contribution is 4.72. The van der Waals surface area contributed by atoms with Gasteiger partial charge in [-0.3, -0.25) is 0 Å². The zero-order valence-electron chi connectivity index (χ0n) is 12.3. The number of rotatable bonds is 5. The predicted octanol–water partition coefficient (Wildman–Crippen LogP) is 4.57. The molecule has 0 aromatic rings. The predicted molar refractivity (Wildman–Crippen MR) is 74.9 cm³/mol. The van der Waals surface area contributed by atoms with Crippen LogP contribution in [-0.4, -0.2) is 24.5 Å². The quantitative estimate of drug-likeness (QED) is 0.665. The van der Waals surface area contributed by atoms with Gasteiger partial charge in [-0.1, -0.05) is 47.5 Å². The smallest absolute Gasteiger partial charge is 0.000956 e. The topological polar surface area (TPSA) is 3.24 Å². The first-order valence-corrected chi connectivity index (χ1v) is 7.48. The molecule has 0 aliphatic carbocycles. The highest BCUT2D eigenvalue weighted by Crippen LogP contribution is 2.19. The Labute approximate surface area is 104 Å². The summed E-state index contributed by atoms with van der Waals surface area (Å²) in [5, 5.41) is 0. The molecule has 1 rings (SSSR count). The van der Waals surface area contributed by atoms with Crippen molar-refractivity contribution >= 4 is 0 Å². The Morgan fingerprint density at radius 1 is 1.12 bits per heavy atom. The number of hydrogen-bond donors (Lipinski definition) is 0. The second-order valence-corrected chi connectivity index (χ2v) is 5.05. The summed E-state index contributed by atoms with van der Waals surface area (Å²) in [6.07, 6.45) is 6.97. The van der Waals surface area contributed by atoms with Crippen molar-refractivity contribution in [3.63, 3.8) is 0 Å². The zero-order valence-corrected chi connectivity index (χ0v) is 12.3. The summed E-state index contributed by atoms with van der Waals surface area (Å²) in [5.41, 5.74) is 0. The van der Waals surface area contributed by atoms with Crippen LogP contribution in [0.1, 0.15) is 66.7 Å². The van der Waals surface area contributed by atoms with Gasteiger partial charge in [-0.05, 0) is 44.2 Å². The van der Waals surface area contributed by atoms with Gasteiger partial charge in [0.2, 0.25) is 0 Å². The molecule has 0 amide bonds. The van der Waals surface area contributed by atoms with Crippen LogP contribution in [0.2, 0.25) is 0 Å². The van der Waals surface area contributed by atoms with E-state index in [0.717, 1.165) is 11.8 Å². The molecule has 1 fully saturated rings. The Morgan fingerprint density at radius 2 is 1.69 bits per heavy atom. The molecule has 1 nitrogen and oxygen atoms in total. The zero-order chi connectivity index (χ0) is 12.4. The van der Waals surface area contributed by atoms with Crippen LogP contribution in [0.15, 0.2) is 0 Å². The van der Waals surface area contributed by atoms with Crippen LogP contribution in [0.5, 0.6) is 0 Å². The molecule has 0 aromatic heterocycles. The van der Waals surface area contributed by atoms with Crippen molar-refractivity contribution in [3.8, 4) is 0 Å². The van der Waals surface area contributed by atoms with E-state index in [2.05, 4.69) is 25.7 Å². The molecule has 1 saturated heterocycles. The van der Waals surface area contributed by atoms with Gasteiger partial charge >= 0.3 is 0 Å². The lowest BCUT2D eigenvalue weighted by Gasteiger charge is -2.32. The maximum absolute atomic E-state index is 2.68. The first-order chi connectivity index (χ1) is 7.76. The summed E-state index contributed by atoms with van der Waals surface area (Å²) >= 11 is 0.